The summed E-state index contributed by atoms with van der Waals surface area (Å²) in [5, 5.41) is 5.59. The molecule has 1 aliphatic heterocycles. The minimum absolute atomic E-state index is 0.702. The molecule has 0 radical (unpaired) electrons. The second kappa shape index (κ2) is 8.73. The Labute approximate surface area is 181 Å². The van der Waals surface area contributed by atoms with E-state index in [4.69, 9.17) is 4.74 Å². The van der Waals surface area contributed by atoms with Crippen LogP contribution in [0.3, 0.4) is 0 Å². The van der Waals surface area contributed by atoms with E-state index in [2.05, 4.69) is 44.2 Å². The summed E-state index contributed by atoms with van der Waals surface area (Å²) in [5.41, 5.74) is 3.20. The zero-order valence-electron chi connectivity index (χ0n) is 17.7. The molecule has 2 aromatic carbocycles. The maximum atomic E-state index is 5.55. The van der Waals surface area contributed by atoms with Crippen molar-refractivity contribution in [3.8, 4) is 11.4 Å². The van der Waals surface area contributed by atoms with E-state index in [0.29, 0.717) is 6.61 Å². The molecule has 3 heterocycles. The Morgan fingerprint density at radius 1 is 0.968 bits per heavy atom. The molecule has 1 N–H and O–H groups in total. The predicted octanol–water partition coefficient (Wildman–Crippen LogP) is 2.12. The van der Waals surface area contributed by atoms with Gasteiger partial charge in [-0.1, -0.05) is 18.2 Å². The topological polar surface area (TPSA) is 60.5 Å². The fraction of sp³-hybridized carbons (Fsp3) is 0.292. The van der Waals surface area contributed by atoms with Gasteiger partial charge in [-0.05, 0) is 43.3 Å². The van der Waals surface area contributed by atoms with Crippen LogP contribution in [-0.2, 0) is 6.54 Å². The third-order valence-corrected chi connectivity index (χ3v) is 5.80. The van der Waals surface area contributed by atoms with Crippen molar-refractivity contribution in [1.82, 2.24) is 19.7 Å². The number of quaternary nitrogens is 1. The van der Waals surface area contributed by atoms with Crippen molar-refractivity contribution in [1.29, 1.82) is 0 Å². The number of benzene rings is 2. The summed E-state index contributed by atoms with van der Waals surface area (Å²) in [4.78, 5) is 13.1. The van der Waals surface area contributed by atoms with Crippen molar-refractivity contribution in [2.45, 2.75) is 13.5 Å². The minimum atomic E-state index is 0.702. The van der Waals surface area contributed by atoms with E-state index in [0.717, 1.165) is 61.0 Å². The van der Waals surface area contributed by atoms with Crippen molar-refractivity contribution in [3.05, 3.63) is 72.7 Å². The zero-order valence-corrected chi connectivity index (χ0v) is 17.7. The molecule has 5 rings (SSSR count). The number of nitrogens with zero attached hydrogens (tertiary/aromatic N) is 5. The van der Waals surface area contributed by atoms with Crippen molar-refractivity contribution in [3.63, 3.8) is 0 Å². The lowest BCUT2D eigenvalue weighted by molar-refractivity contribution is -0.914. The van der Waals surface area contributed by atoms with Gasteiger partial charge in [0, 0.05) is 5.56 Å². The fourth-order valence-corrected chi connectivity index (χ4v) is 4.21. The van der Waals surface area contributed by atoms with Gasteiger partial charge in [-0.3, -0.25) is 0 Å². The van der Waals surface area contributed by atoms with E-state index in [1.165, 1.54) is 5.56 Å². The number of fused-ring (bicyclic) bond motifs is 1. The van der Waals surface area contributed by atoms with Crippen molar-refractivity contribution >= 4 is 16.9 Å². The molecule has 0 amide bonds. The molecule has 0 aliphatic carbocycles. The molecule has 7 nitrogen and oxygen atoms in total. The number of para-hydroxylation sites is 1. The molecule has 1 fully saturated rings. The molecular weight excluding hydrogens is 388 g/mol. The number of rotatable bonds is 6. The fourth-order valence-electron chi connectivity index (χ4n) is 4.21. The van der Waals surface area contributed by atoms with Gasteiger partial charge in [-0.25, -0.2) is 14.6 Å². The SMILES string of the molecule is CCOc1ccc(C[NH+]2CCN(c3ncnc4c3cnn4-c3ccccc3)CC2)cc1. The lowest BCUT2D eigenvalue weighted by Crippen LogP contribution is -3.13. The van der Waals surface area contributed by atoms with Gasteiger partial charge in [0.2, 0.25) is 0 Å². The average molecular weight is 416 g/mol. The van der Waals surface area contributed by atoms with Crippen molar-refractivity contribution < 1.29 is 9.64 Å². The highest BCUT2D eigenvalue weighted by molar-refractivity contribution is 5.87. The van der Waals surface area contributed by atoms with E-state index in [9.17, 15) is 0 Å². The molecule has 0 saturated carbocycles. The highest BCUT2D eigenvalue weighted by Crippen LogP contribution is 2.24. The quantitative estimate of drug-likeness (QED) is 0.523. The predicted molar refractivity (Wildman–Crippen MR) is 121 cm³/mol. The molecule has 7 heteroatoms. The van der Waals surface area contributed by atoms with Gasteiger partial charge in [0.15, 0.2) is 5.65 Å². The number of nitrogens with one attached hydrogen (secondary N) is 1. The molecule has 0 atom stereocenters. The second-order valence-corrected chi connectivity index (χ2v) is 7.82. The first-order chi connectivity index (χ1) is 15.3. The van der Waals surface area contributed by atoms with Crippen LogP contribution < -0.4 is 14.5 Å². The van der Waals surface area contributed by atoms with Crippen molar-refractivity contribution in [2.24, 2.45) is 0 Å². The summed E-state index contributed by atoms with van der Waals surface area (Å²) in [6.07, 6.45) is 3.54. The smallest absolute Gasteiger partial charge is 0.168 e. The van der Waals surface area contributed by atoms with Gasteiger partial charge in [-0.15, -0.1) is 0 Å². The van der Waals surface area contributed by atoms with E-state index < -0.39 is 0 Å². The van der Waals surface area contributed by atoms with E-state index >= 15 is 0 Å². The van der Waals surface area contributed by atoms with Gasteiger partial charge >= 0.3 is 0 Å². The third-order valence-electron chi connectivity index (χ3n) is 5.80. The first-order valence-electron chi connectivity index (χ1n) is 10.9. The Hall–Kier alpha value is -3.45. The normalized spacial score (nSPS) is 14.8. The van der Waals surface area contributed by atoms with Gasteiger partial charge in [0.05, 0.1) is 50.1 Å². The molecule has 4 aromatic rings. The first-order valence-corrected chi connectivity index (χ1v) is 10.9. The van der Waals surface area contributed by atoms with Crippen molar-refractivity contribution in [2.75, 3.05) is 37.7 Å². The Morgan fingerprint density at radius 2 is 1.74 bits per heavy atom. The Bertz CT molecular complexity index is 1130. The number of piperazine rings is 1. The van der Waals surface area contributed by atoms with Crippen LogP contribution in [0.25, 0.3) is 16.7 Å². The monoisotopic (exact) mass is 415 g/mol. The number of hydrogen-bond acceptors (Lipinski definition) is 5. The van der Waals surface area contributed by atoms with Crippen LogP contribution in [0.1, 0.15) is 12.5 Å². The number of ether oxygens (including phenoxy) is 1. The number of aromatic nitrogens is 4. The summed E-state index contributed by atoms with van der Waals surface area (Å²) < 4.78 is 7.43. The number of anilines is 1. The maximum Gasteiger partial charge on any atom is 0.168 e. The van der Waals surface area contributed by atoms with E-state index in [-0.39, 0.29) is 0 Å². The molecule has 0 bridgehead atoms. The largest absolute Gasteiger partial charge is 0.494 e. The van der Waals surface area contributed by atoms with Crippen LogP contribution in [0.15, 0.2) is 67.1 Å². The van der Waals surface area contributed by atoms with Gasteiger partial charge in [0.25, 0.3) is 0 Å². The van der Waals surface area contributed by atoms with Gasteiger partial charge < -0.3 is 14.5 Å². The Kier molecular flexibility index (Phi) is 5.50. The molecule has 0 spiro atoms. The van der Waals surface area contributed by atoms with Crippen LogP contribution in [0.2, 0.25) is 0 Å². The standard InChI is InChI=1S/C24H26N6O/c1-2-31-21-10-8-19(9-11-21)17-28-12-14-29(15-13-28)23-22-16-27-30(24(22)26-18-25-23)20-6-4-3-5-7-20/h3-11,16,18H,2,12-15,17H2,1H3/p+1. The highest BCUT2D eigenvalue weighted by atomic mass is 16.5. The summed E-state index contributed by atoms with van der Waals surface area (Å²) in [5.74, 6) is 1.92. The molecule has 2 aromatic heterocycles. The average Bonchev–Trinajstić information content (AvgIpc) is 3.26. The molecule has 1 aliphatic rings. The molecular formula is C24H27N6O+. The van der Waals surface area contributed by atoms with Gasteiger partial charge in [0.1, 0.15) is 24.4 Å². The van der Waals surface area contributed by atoms with E-state index in [1.54, 1.807) is 11.2 Å². The lowest BCUT2D eigenvalue weighted by atomic mass is 10.2. The summed E-state index contributed by atoms with van der Waals surface area (Å²) in [7, 11) is 0. The molecule has 31 heavy (non-hydrogen) atoms. The van der Waals surface area contributed by atoms with Crippen LogP contribution in [-0.4, -0.2) is 52.5 Å². The summed E-state index contributed by atoms with van der Waals surface area (Å²) >= 11 is 0. The Balaban J connectivity index is 1.28. The highest BCUT2D eigenvalue weighted by Gasteiger charge is 2.23. The maximum absolute atomic E-state index is 5.55. The molecule has 158 valence electrons. The number of hydrogen-bond donors (Lipinski definition) is 1. The Morgan fingerprint density at radius 3 is 2.48 bits per heavy atom. The van der Waals surface area contributed by atoms with Crippen LogP contribution in [0.4, 0.5) is 5.82 Å². The van der Waals surface area contributed by atoms with Crippen LogP contribution >= 0.6 is 0 Å². The summed E-state index contributed by atoms with van der Waals surface area (Å²) in [6, 6.07) is 18.6. The second-order valence-electron chi connectivity index (χ2n) is 7.82. The first kappa shape index (κ1) is 19.5. The molecule has 1 saturated heterocycles. The lowest BCUT2D eigenvalue weighted by Gasteiger charge is -2.33. The van der Waals surface area contributed by atoms with Crippen LogP contribution in [0, 0.1) is 0 Å². The summed E-state index contributed by atoms with van der Waals surface area (Å²) in [6.45, 7) is 7.83. The molecule has 0 unspecified atom stereocenters. The third kappa shape index (κ3) is 4.09. The minimum Gasteiger partial charge on any atom is -0.494 e. The van der Waals surface area contributed by atoms with Gasteiger partial charge in [-0.2, -0.15) is 5.10 Å². The van der Waals surface area contributed by atoms with E-state index in [1.807, 2.05) is 48.1 Å². The van der Waals surface area contributed by atoms with Crippen LogP contribution in [0.5, 0.6) is 5.75 Å². The zero-order chi connectivity index (χ0) is 21.0.